The van der Waals surface area contributed by atoms with Crippen molar-refractivity contribution in [3.05, 3.63) is 41.2 Å². The number of methoxy groups -OCH3 is 3. The zero-order valence-electron chi connectivity index (χ0n) is 14.9. The maximum Gasteiger partial charge on any atom is 0.246 e. The normalized spacial score (nSPS) is 11.5. The lowest BCUT2D eigenvalue weighted by Crippen LogP contribution is -2.32. The lowest BCUT2D eigenvalue weighted by molar-refractivity contribution is -0.116. The highest BCUT2D eigenvalue weighted by Gasteiger charge is 2.18. The summed E-state index contributed by atoms with van der Waals surface area (Å²) >= 11 is 5.93. The molecule has 0 aliphatic rings. The summed E-state index contributed by atoms with van der Waals surface area (Å²) in [5.41, 5.74) is 0.934. The van der Waals surface area contributed by atoms with Crippen LogP contribution in [-0.4, -0.2) is 33.3 Å². The van der Waals surface area contributed by atoms with Crippen molar-refractivity contribution in [2.45, 2.75) is 13.0 Å². The van der Waals surface area contributed by atoms with Gasteiger partial charge in [0.1, 0.15) is 11.9 Å². The van der Waals surface area contributed by atoms with Gasteiger partial charge in [0, 0.05) is 17.8 Å². The molecule has 2 aromatic carbocycles. The van der Waals surface area contributed by atoms with Gasteiger partial charge in [-0.3, -0.25) is 4.79 Å². The maximum atomic E-state index is 13.1. The Labute approximate surface area is 156 Å². The monoisotopic (exact) mass is 382 g/mol. The minimum Gasteiger partial charge on any atom is -0.493 e. The molecule has 0 unspecified atom stereocenters. The smallest absolute Gasteiger partial charge is 0.246 e. The molecule has 0 heterocycles. The van der Waals surface area contributed by atoms with Crippen LogP contribution in [0.2, 0.25) is 5.02 Å². The first-order valence-corrected chi connectivity index (χ1v) is 8.09. The molecule has 0 aromatic heterocycles. The zero-order chi connectivity index (χ0) is 19.3. The van der Waals surface area contributed by atoms with Crippen molar-refractivity contribution in [1.29, 1.82) is 0 Å². The van der Waals surface area contributed by atoms with Gasteiger partial charge >= 0.3 is 0 Å². The number of hydrogen-bond acceptors (Lipinski definition) is 5. The van der Waals surface area contributed by atoms with E-state index in [-0.39, 0.29) is 10.9 Å². The van der Waals surface area contributed by atoms with Crippen molar-refractivity contribution < 1.29 is 23.4 Å². The van der Waals surface area contributed by atoms with Gasteiger partial charge in [-0.15, -0.1) is 0 Å². The SMILES string of the molecule is COc1cc(N[C@H](C)C(=O)Nc2ccc(F)cc2Cl)cc(OC)c1OC. The van der Waals surface area contributed by atoms with E-state index >= 15 is 0 Å². The number of rotatable bonds is 7. The highest BCUT2D eigenvalue weighted by Crippen LogP contribution is 2.40. The molecular formula is C18H20ClFN2O4. The zero-order valence-corrected chi connectivity index (χ0v) is 15.6. The van der Waals surface area contributed by atoms with Crippen LogP contribution in [0.4, 0.5) is 15.8 Å². The van der Waals surface area contributed by atoms with Crippen LogP contribution in [0.15, 0.2) is 30.3 Å². The molecule has 140 valence electrons. The molecule has 0 saturated carbocycles. The average molecular weight is 383 g/mol. The Hall–Kier alpha value is -2.67. The summed E-state index contributed by atoms with van der Waals surface area (Å²) in [4.78, 5) is 12.4. The predicted molar refractivity (Wildman–Crippen MR) is 99.2 cm³/mol. The molecule has 0 saturated heterocycles. The number of amides is 1. The Kier molecular flexibility index (Phi) is 6.52. The van der Waals surface area contributed by atoms with Crippen molar-refractivity contribution in [2.24, 2.45) is 0 Å². The number of carbonyl (C=O) groups is 1. The largest absolute Gasteiger partial charge is 0.493 e. The summed E-state index contributed by atoms with van der Waals surface area (Å²) in [5, 5.41) is 5.82. The van der Waals surface area contributed by atoms with E-state index in [4.69, 9.17) is 25.8 Å². The number of carbonyl (C=O) groups excluding carboxylic acids is 1. The van der Waals surface area contributed by atoms with E-state index in [0.29, 0.717) is 28.6 Å². The topological polar surface area (TPSA) is 68.8 Å². The fraction of sp³-hybridized carbons (Fsp3) is 0.278. The van der Waals surface area contributed by atoms with E-state index in [1.807, 2.05) is 0 Å². The molecule has 0 bridgehead atoms. The summed E-state index contributed by atoms with van der Waals surface area (Å²) < 4.78 is 28.9. The van der Waals surface area contributed by atoms with Crippen LogP contribution in [-0.2, 0) is 4.79 Å². The lowest BCUT2D eigenvalue weighted by Gasteiger charge is -2.18. The second-order valence-corrected chi connectivity index (χ2v) is 5.80. The highest BCUT2D eigenvalue weighted by atomic mass is 35.5. The maximum absolute atomic E-state index is 13.1. The van der Waals surface area contributed by atoms with Crippen molar-refractivity contribution in [2.75, 3.05) is 32.0 Å². The molecule has 0 fully saturated rings. The molecule has 2 aromatic rings. The molecule has 0 aliphatic carbocycles. The number of anilines is 2. The van der Waals surface area contributed by atoms with Crippen LogP contribution in [0, 0.1) is 5.82 Å². The minimum absolute atomic E-state index is 0.123. The van der Waals surface area contributed by atoms with E-state index in [9.17, 15) is 9.18 Å². The molecule has 6 nitrogen and oxygen atoms in total. The fourth-order valence-electron chi connectivity index (χ4n) is 2.31. The van der Waals surface area contributed by atoms with Gasteiger partial charge in [0.15, 0.2) is 11.5 Å². The molecular weight excluding hydrogens is 363 g/mol. The predicted octanol–water partition coefficient (Wildman–Crippen LogP) is 3.94. The molecule has 26 heavy (non-hydrogen) atoms. The Balaban J connectivity index is 2.15. The van der Waals surface area contributed by atoms with Crippen LogP contribution in [0.1, 0.15) is 6.92 Å². The van der Waals surface area contributed by atoms with Gasteiger partial charge in [-0.2, -0.15) is 0 Å². The lowest BCUT2D eigenvalue weighted by atomic mass is 10.2. The first kappa shape index (κ1) is 19.7. The second kappa shape index (κ2) is 8.62. The number of ether oxygens (including phenoxy) is 3. The summed E-state index contributed by atoms with van der Waals surface area (Å²) in [7, 11) is 4.53. The summed E-state index contributed by atoms with van der Waals surface area (Å²) in [6, 6.07) is 6.53. The molecule has 1 atom stereocenters. The molecule has 0 spiro atoms. The third-order valence-corrected chi connectivity index (χ3v) is 3.94. The second-order valence-electron chi connectivity index (χ2n) is 5.39. The molecule has 2 rings (SSSR count). The van der Waals surface area contributed by atoms with Gasteiger partial charge in [-0.1, -0.05) is 11.6 Å². The fourth-order valence-corrected chi connectivity index (χ4v) is 2.53. The molecule has 0 radical (unpaired) electrons. The van der Waals surface area contributed by atoms with E-state index in [0.717, 1.165) is 6.07 Å². The molecule has 1 amide bonds. The number of halogens is 2. The number of benzene rings is 2. The van der Waals surface area contributed by atoms with Crippen LogP contribution >= 0.6 is 11.6 Å². The van der Waals surface area contributed by atoms with Gasteiger partial charge in [0.25, 0.3) is 0 Å². The van der Waals surface area contributed by atoms with E-state index in [1.54, 1.807) is 19.1 Å². The minimum atomic E-state index is -0.612. The summed E-state index contributed by atoms with van der Waals surface area (Å²) in [5.74, 6) is 0.562. The Bertz CT molecular complexity index is 776. The van der Waals surface area contributed by atoms with E-state index in [1.165, 1.54) is 33.5 Å². The summed E-state index contributed by atoms with van der Waals surface area (Å²) in [6.07, 6.45) is 0. The van der Waals surface area contributed by atoms with E-state index < -0.39 is 11.9 Å². The molecule has 0 aliphatic heterocycles. The Morgan fingerprint density at radius 3 is 2.19 bits per heavy atom. The number of nitrogens with one attached hydrogen (secondary N) is 2. The molecule has 2 N–H and O–H groups in total. The quantitative estimate of drug-likeness (QED) is 0.759. The average Bonchev–Trinajstić information content (AvgIpc) is 2.62. The van der Waals surface area contributed by atoms with Gasteiger partial charge in [0.05, 0.1) is 32.0 Å². The third-order valence-electron chi connectivity index (χ3n) is 3.63. The van der Waals surface area contributed by atoms with Crippen molar-refractivity contribution >= 4 is 28.9 Å². The van der Waals surface area contributed by atoms with Crippen molar-refractivity contribution in [1.82, 2.24) is 0 Å². The van der Waals surface area contributed by atoms with Crippen molar-refractivity contribution in [3.63, 3.8) is 0 Å². The summed E-state index contributed by atoms with van der Waals surface area (Å²) in [6.45, 7) is 1.68. The van der Waals surface area contributed by atoms with Crippen LogP contribution in [0.25, 0.3) is 0 Å². The first-order chi connectivity index (χ1) is 12.4. The Morgan fingerprint density at radius 1 is 1.08 bits per heavy atom. The van der Waals surface area contributed by atoms with Crippen LogP contribution in [0.3, 0.4) is 0 Å². The van der Waals surface area contributed by atoms with Gasteiger partial charge in [-0.25, -0.2) is 4.39 Å². The van der Waals surface area contributed by atoms with Gasteiger partial charge < -0.3 is 24.8 Å². The van der Waals surface area contributed by atoms with Crippen molar-refractivity contribution in [3.8, 4) is 17.2 Å². The third kappa shape index (κ3) is 4.49. The Morgan fingerprint density at radius 2 is 1.69 bits per heavy atom. The highest BCUT2D eigenvalue weighted by molar-refractivity contribution is 6.33. The standard InChI is InChI=1S/C18H20ClFN2O4/c1-10(18(23)22-14-6-5-11(20)7-13(14)19)21-12-8-15(24-2)17(26-4)16(9-12)25-3/h5-10,21H,1-4H3,(H,22,23)/t10-/m1/s1. The van der Waals surface area contributed by atoms with Crippen LogP contribution < -0.4 is 24.8 Å². The van der Waals surface area contributed by atoms with Gasteiger partial charge in [0.2, 0.25) is 11.7 Å². The van der Waals surface area contributed by atoms with Crippen LogP contribution in [0.5, 0.6) is 17.2 Å². The number of hydrogen-bond donors (Lipinski definition) is 2. The first-order valence-electron chi connectivity index (χ1n) is 7.72. The molecule has 8 heteroatoms. The van der Waals surface area contributed by atoms with Gasteiger partial charge in [-0.05, 0) is 25.1 Å². The van der Waals surface area contributed by atoms with E-state index in [2.05, 4.69) is 10.6 Å².